The number of aromatic nitrogens is 2. The molecule has 1 N–H and O–H groups in total. The molecule has 1 aromatic rings. The Bertz CT molecular complexity index is 403. The molecule has 0 aliphatic carbocycles. The maximum Gasteiger partial charge on any atom is 0.161 e. The second-order valence-corrected chi connectivity index (χ2v) is 5.52. The molecule has 0 spiro atoms. The van der Waals surface area contributed by atoms with Crippen molar-refractivity contribution >= 4 is 0 Å². The summed E-state index contributed by atoms with van der Waals surface area (Å²) in [5, 5.41) is 8.01. The van der Waals surface area contributed by atoms with Crippen molar-refractivity contribution < 1.29 is 9.47 Å². The van der Waals surface area contributed by atoms with Crippen molar-refractivity contribution in [3.63, 3.8) is 0 Å². The Kier molecular flexibility index (Phi) is 5.05. The first kappa shape index (κ1) is 15.3. The number of nitrogens with zero attached hydrogens (tertiary/aromatic N) is 2. The lowest BCUT2D eigenvalue weighted by molar-refractivity contribution is -0.0914. The molecule has 5 nitrogen and oxygen atoms in total. The zero-order valence-electron chi connectivity index (χ0n) is 13.1. The van der Waals surface area contributed by atoms with E-state index in [1.165, 1.54) is 6.42 Å². The first-order valence-corrected chi connectivity index (χ1v) is 7.63. The van der Waals surface area contributed by atoms with Crippen LogP contribution in [0.1, 0.15) is 51.8 Å². The number of likely N-dealkylation sites (N-methyl/N-ethyl adjacent to an activating group) is 1. The first-order valence-electron chi connectivity index (χ1n) is 7.63. The summed E-state index contributed by atoms with van der Waals surface area (Å²) in [6.45, 7) is 8.98. The molecule has 0 bridgehead atoms. The van der Waals surface area contributed by atoms with Gasteiger partial charge in [0.1, 0.15) is 5.69 Å². The Balaban J connectivity index is 2.39. The lowest BCUT2D eigenvalue weighted by Gasteiger charge is -2.41. The Morgan fingerprint density at radius 3 is 2.85 bits per heavy atom. The molecule has 0 saturated carbocycles. The SMILES string of the molecule is CCNC(c1c(OC)cnn1CC)C1(C)CCCCO1. The van der Waals surface area contributed by atoms with Crippen LogP contribution in [-0.2, 0) is 11.3 Å². The second kappa shape index (κ2) is 6.59. The highest BCUT2D eigenvalue weighted by molar-refractivity contribution is 5.30. The molecule has 1 aliphatic rings. The average molecular weight is 281 g/mol. The third-order valence-electron chi connectivity index (χ3n) is 4.16. The number of ether oxygens (including phenoxy) is 2. The molecule has 5 heteroatoms. The summed E-state index contributed by atoms with van der Waals surface area (Å²) < 4.78 is 13.7. The number of aryl methyl sites for hydroxylation is 1. The van der Waals surface area contributed by atoms with Gasteiger partial charge in [0.05, 0.1) is 24.9 Å². The number of rotatable bonds is 6. The minimum Gasteiger partial charge on any atom is -0.493 e. The fraction of sp³-hybridized carbons (Fsp3) is 0.800. The summed E-state index contributed by atoms with van der Waals surface area (Å²) in [4.78, 5) is 0. The molecule has 114 valence electrons. The second-order valence-electron chi connectivity index (χ2n) is 5.52. The normalized spacial score (nSPS) is 24.6. The third-order valence-corrected chi connectivity index (χ3v) is 4.16. The minimum atomic E-state index is -0.200. The van der Waals surface area contributed by atoms with Gasteiger partial charge in [-0.1, -0.05) is 6.92 Å². The molecule has 20 heavy (non-hydrogen) atoms. The summed E-state index contributed by atoms with van der Waals surface area (Å²) in [5.74, 6) is 0.841. The number of methoxy groups -OCH3 is 1. The molecule has 0 aromatic carbocycles. The van der Waals surface area contributed by atoms with Crippen LogP contribution in [-0.4, -0.2) is 35.6 Å². The number of hydrogen-bond acceptors (Lipinski definition) is 4. The van der Waals surface area contributed by atoms with Crippen molar-refractivity contribution in [1.82, 2.24) is 15.1 Å². The molecule has 2 atom stereocenters. The molecular formula is C15H27N3O2. The quantitative estimate of drug-likeness (QED) is 0.870. The number of hydrogen-bond donors (Lipinski definition) is 1. The van der Waals surface area contributed by atoms with Crippen LogP contribution in [0.2, 0.25) is 0 Å². The van der Waals surface area contributed by atoms with Gasteiger partial charge in [-0.3, -0.25) is 4.68 Å². The van der Waals surface area contributed by atoms with E-state index in [1.807, 2.05) is 4.68 Å². The van der Waals surface area contributed by atoms with E-state index in [0.29, 0.717) is 0 Å². The van der Waals surface area contributed by atoms with Crippen molar-refractivity contribution in [3.05, 3.63) is 11.9 Å². The van der Waals surface area contributed by atoms with E-state index >= 15 is 0 Å². The lowest BCUT2D eigenvalue weighted by Crippen LogP contribution is -2.46. The fourth-order valence-electron chi connectivity index (χ4n) is 3.07. The van der Waals surface area contributed by atoms with Crippen LogP contribution in [0, 0.1) is 0 Å². The van der Waals surface area contributed by atoms with Gasteiger partial charge in [-0.15, -0.1) is 0 Å². The van der Waals surface area contributed by atoms with Crippen molar-refractivity contribution in [1.29, 1.82) is 0 Å². The molecule has 1 aromatic heterocycles. The largest absolute Gasteiger partial charge is 0.493 e. The van der Waals surface area contributed by atoms with Crippen molar-refractivity contribution in [2.45, 2.75) is 58.2 Å². The topological polar surface area (TPSA) is 48.3 Å². The molecule has 2 unspecified atom stereocenters. The predicted molar refractivity (Wildman–Crippen MR) is 79.1 cm³/mol. The molecular weight excluding hydrogens is 254 g/mol. The van der Waals surface area contributed by atoms with Crippen LogP contribution >= 0.6 is 0 Å². The van der Waals surface area contributed by atoms with Gasteiger partial charge in [0.25, 0.3) is 0 Å². The van der Waals surface area contributed by atoms with Crippen LogP contribution in [0.5, 0.6) is 5.75 Å². The van der Waals surface area contributed by atoms with Crippen molar-refractivity contribution in [2.75, 3.05) is 20.3 Å². The standard InChI is InChI=1S/C15H27N3O2/c1-5-16-14(15(3)9-7-8-10-20-15)13-12(19-4)11-17-18(13)6-2/h11,14,16H,5-10H2,1-4H3. The van der Waals surface area contributed by atoms with Crippen molar-refractivity contribution in [3.8, 4) is 5.75 Å². The average Bonchev–Trinajstić information content (AvgIpc) is 2.87. The van der Waals surface area contributed by atoms with E-state index in [1.54, 1.807) is 13.3 Å². The highest BCUT2D eigenvalue weighted by Gasteiger charge is 2.40. The zero-order valence-corrected chi connectivity index (χ0v) is 13.1. The van der Waals surface area contributed by atoms with Gasteiger partial charge in [-0.2, -0.15) is 5.10 Å². The summed E-state index contributed by atoms with van der Waals surface area (Å²) in [6, 6.07) is 0.102. The molecule has 2 rings (SSSR count). The maximum atomic E-state index is 6.14. The van der Waals surface area contributed by atoms with Crippen LogP contribution in [0.4, 0.5) is 0 Å². The van der Waals surface area contributed by atoms with Gasteiger partial charge in [0, 0.05) is 13.2 Å². The molecule has 2 heterocycles. The fourth-order valence-corrected chi connectivity index (χ4v) is 3.07. The monoisotopic (exact) mass is 281 g/mol. The summed E-state index contributed by atoms with van der Waals surface area (Å²) in [5.41, 5.74) is 0.898. The highest BCUT2D eigenvalue weighted by atomic mass is 16.5. The lowest BCUT2D eigenvalue weighted by atomic mass is 9.86. The number of nitrogens with one attached hydrogen (secondary N) is 1. The van der Waals surface area contributed by atoms with Crippen LogP contribution in [0.15, 0.2) is 6.20 Å². The van der Waals surface area contributed by atoms with Gasteiger partial charge < -0.3 is 14.8 Å². The predicted octanol–water partition coefficient (Wildman–Crippen LogP) is 2.52. The molecule has 1 aliphatic heterocycles. The highest BCUT2D eigenvalue weighted by Crippen LogP contribution is 2.39. The Morgan fingerprint density at radius 1 is 1.50 bits per heavy atom. The van der Waals surface area contributed by atoms with Gasteiger partial charge in [0.15, 0.2) is 5.75 Å². The summed E-state index contributed by atoms with van der Waals surface area (Å²) in [6.07, 6.45) is 5.22. The molecule has 1 saturated heterocycles. The van der Waals surface area contributed by atoms with E-state index in [2.05, 4.69) is 31.2 Å². The molecule has 1 fully saturated rings. The van der Waals surface area contributed by atoms with Crippen LogP contribution in [0.3, 0.4) is 0 Å². The van der Waals surface area contributed by atoms with E-state index in [-0.39, 0.29) is 11.6 Å². The van der Waals surface area contributed by atoms with E-state index < -0.39 is 0 Å². The van der Waals surface area contributed by atoms with Crippen LogP contribution < -0.4 is 10.1 Å². The van der Waals surface area contributed by atoms with E-state index in [9.17, 15) is 0 Å². The summed E-state index contributed by atoms with van der Waals surface area (Å²) in [7, 11) is 1.70. The van der Waals surface area contributed by atoms with Crippen LogP contribution in [0.25, 0.3) is 0 Å². The van der Waals surface area contributed by atoms with Crippen molar-refractivity contribution in [2.24, 2.45) is 0 Å². The Hall–Kier alpha value is -1.07. The van der Waals surface area contributed by atoms with Gasteiger partial charge in [-0.05, 0) is 39.7 Å². The Morgan fingerprint density at radius 2 is 2.30 bits per heavy atom. The van der Waals surface area contributed by atoms with Gasteiger partial charge in [0.2, 0.25) is 0 Å². The zero-order chi connectivity index (χ0) is 14.6. The molecule has 0 radical (unpaired) electrons. The van der Waals surface area contributed by atoms with E-state index in [0.717, 1.165) is 44.0 Å². The third kappa shape index (κ3) is 2.83. The van der Waals surface area contributed by atoms with E-state index in [4.69, 9.17) is 9.47 Å². The maximum absolute atomic E-state index is 6.14. The first-order chi connectivity index (χ1) is 9.66. The van der Waals surface area contributed by atoms with Gasteiger partial charge >= 0.3 is 0 Å². The van der Waals surface area contributed by atoms with Gasteiger partial charge in [-0.25, -0.2) is 0 Å². The Labute approximate surface area is 121 Å². The minimum absolute atomic E-state index is 0.102. The smallest absolute Gasteiger partial charge is 0.161 e. The summed E-state index contributed by atoms with van der Waals surface area (Å²) >= 11 is 0. The molecule has 0 amide bonds.